The van der Waals surface area contributed by atoms with E-state index in [1.807, 2.05) is 6.92 Å². The Hall–Kier alpha value is -0.640. The molecule has 0 radical (unpaired) electrons. The van der Waals surface area contributed by atoms with E-state index < -0.39 is 10.4 Å². The molecule has 2 N–H and O–H groups in total. The molecule has 138 valence electrons. The number of aryl methyl sites for hydroxylation is 2. The molecule has 0 amide bonds. The van der Waals surface area contributed by atoms with Crippen molar-refractivity contribution >= 4 is 55.2 Å². The SMILES string of the molecule is Cc1nn(C)c(C)c1N(CCCO)[S+](=O)(O)c1c(Cl)cc(Br)cc1Cl. The molecule has 0 aliphatic heterocycles. The van der Waals surface area contributed by atoms with E-state index in [9.17, 15) is 13.9 Å². The Bertz CT molecular complexity index is 821. The van der Waals surface area contributed by atoms with Gasteiger partial charge in [0.05, 0.1) is 17.9 Å². The summed E-state index contributed by atoms with van der Waals surface area (Å²) in [7, 11) is -2.04. The maximum absolute atomic E-state index is 13.4. The van der Waals surface area contributed by atoms with Crippen LogP contribution >= 0.6 is 39.1 Å². The molecule has 2 rings (SSSR count). The molecule has 1 aromatic heterocycles. The zero-order valence-electron chi connectivity index (χ0n) is 14.0. The van der Waals surface area contributed by atoms with Crippen molar-refractivity contribution in [2.24, 2.45) is 7.05 Å². The van der Waals surface area contributed by atoms with Crippen LogP contribution in [0.15, 0.2) is 21.5 Å². The number of anilines is 1. The van der Waals surface area contributed by atoms with Crippen LogP contribution in [0.4, 0.5) is 5.69 Å². The molecule has 1 heterocycles. The van der Waals surface area contributed by atoms with E-state index in [0.717, 1.165) is 5.69 Å². The fourth-order valence-electron chi connectivity index (χ4n) is 2.59. The summed E-state index contributed by atoms with van der Waals surface area (Å²) in [5.74, 6) is 0. The molecule has 0 spiro atoms. The third kappa shape index (κ3) is 4.04. The Morgan fingerprint density at radius 3 is 2.32 bits per heavy atom. The zero-order valence-corrected chi connectivity index (χ0v) is 17.9. The van der Waals surface area contributed by atoms with Gasteiger partial charge in [0.2, 0.25) is 0 Å². The molecular weight excluding hydrogens is 453 g/mol. The van der Waals surface area contributed by atoms with Crippen molar-refractivity contribution in [2.45, 2.75) is 25.2 Å². The van der Waals surface area contributed by atoms with Gasteiger partial charge < -0.3 is 5.11 Å². The lowest BCUT2D eigenvalue weighted by Gasteiger charge is -2.23. The first-order chi connectivity index (χ1) is 11.6. The molecule has 0 aliphatic rings. The smallest absolute Gasteiger partial charge is 0.351 e. The maximum Gasteiger partial charge on any atom is 0.351 e. The molecule has 0 bridgehead atoms. The molecular formula is C15H19BrCl2N3O3S+. The van der Waals surface area contributed by atoms with Crippen LogP contribution in [0.1, 0.15) is 17.8 Å². The molecule has 0 aliphatic carbocycles. The lowest BCUT2D eigenvalue weighted by Crippen LogP contribution is -2.38. The van der Waals surface area contributed by atoms with Gasteiger partial charge in [0.1, 0.15) is 15.7 Å². The first-order valence-electron chi connectivity index (χ1n) is 7.41. The first kappa shape index (κ1) is 20.7. The Labute approximate surface area is 166 Å². The van der Waals surface area contributed by atoms with Gasteiger partial charge in [0.15, 0.2) is 0 Å². The number of halogens is 3. The van der Waals surface area contributed by atoms with Crippen LogP contribution in [0, 0.1) is 13.8 Å². The van der Waals surface area contributed by atoms with E-state index in [-0.39, 0.29) is 28.1 Å². The highest BCUT2D eigenvalue weighted by molar-refractivity contribution is 9.10. The van der Waals surface area contributed by atoms with Gasteiger partial charge in [-0.25, -0.2) is 0 Å². The Morgan fingerprint density at radius 2 is 1.88 bits per heavy atom. The average Bonchev–Trinajstić information content (AvgIpc) is 2.72. The van der Waals surface area contributed by atoms with Gasteiger partial charge in [0, 0.05) is 18.1 Å². The Balaban J connectivity index is 2.67. The second-order valence-electron chi connectivity index (χ2n) is 5.52. The number of hydrogen-bond acceptors (Lipinski definition) is 3. The molecule has 10 heteroatoms. The van der Waals surface area contributed by atoms with E-state index in [4.69, 9.17) is 23.2 Å². The minimum atomic E-state index is -3.80. The van der Waals surface area contributed by atoms with Crippen molar-refractivity contribution < 1.29 is 13.9 Å². The van der Waals surface area contributed by atoms with Gasteiger partial charge in [-0.05, 0) is 36.6 Å². The van der Waals surface area contributed by atoms with Crippen LogP contribution in [0.25, 0.3) is 0 Å². The lowest BCUT2D eigenvalue weighted by atomic mass is 10.3. The molecule has 6 nitrogen and oxygen atoms in total. The van der Waals surface area contributed by atoms with Gasteiger partial charge in [-0.3, -0.25) is 4.68 Å². The predicted octanol–water partition coefficient (Wildman–Crippen LogP) is 4.24. The summed E-state index contributed by atoms with van der Waals surface area (Å²) in [6, 6.07) is 3.04. The monoisotopic (exact) mass is 470 g/mol. The standard InChI is InChI=1S/C15H18BrCl2N3O3S/c1-9-14(10(2)20(3)19-9)21(5-4-6-22)25(23,24)15-12(17)7-11(16)8-13(15)18/h7-8,22H,4-6H2,1-3H3/p+1. The highest BCUT2D eigenvalue weighted by Crippen LogP contribution is 2.40. The first-order valence-corrected chi connectivity index (χ1v) is 10.4. The molecule has 2 aromatic rings. The molecule has 0 fully saturated rings. The summed E-state index contributed by atoms with van der Waals surface area (Å²) >= 11 is 15.7. The van der Waals surface area contributed by atoms with Gasteiger partial charge in [-0.15, -0.1) is 0 Å². The van der Waals surface area contributed by atoms with E-state index >= 15 is 0 Å². The summed E-state index contributed by atoms with van der Waals surface area (Å²) < 4.78 is 28.0. The normalized spacial score (nSPS) is 13.8. The van der Waals surface area contributed by atoms with Crippen LogP contribution in [0.2, 0.25) is 10.0 Å². The summed E-state index contributed by atoms with van der Waals surface area (Å²) in [6.45, 7) is 3.59. The van der Waals surface area contributed by atoms with Gasteiger partial charge in [-0.1, -0.05) is 39.1 Å². The van der Waals surface area contributed by atoms with Crippen molar-refractivity contribution in [3.05, 3.63) is 38.0 Å². The number of nitrogens with zero attached hydrogens (tertiary/aromatic N) is 3. The third-order valence-corrected chi connectivity index (χ3v) is 6.98. The van der Waals surface area contributed by atoms with Crippen molar-refractivity contribution in [1.82, 2.24) is 9.78 Å². The van der Waals surface area contributed by atoms with Crippen molar-refractivity contribution in [2.75, 3.05) is 17.5 Å². The summed E-state index contributed by atoms with van der Waals surface area (Å²) in [6.07, 6.45) is 0.303. The molecule has 1 aromatic carbocycles. The predicted molar refractivity (Wildman–Crippen MR) is 105 cm³/mol. The van der Waals surface area contributed by atoms with Gasteiger partial charge >= 0.3 is 10.4 Å². The van der Waals surface area contributed by atoms with Gasteiger partial charge in [0.25, 0.3) is 4.90 Å². The average molecular weight is 472 g/mol. The van der Waals surface area contributed by atoms with Crippen LogP contribution < -0.4 is 4.31 Å². The fraction of sp³-hybridized carbons (Fsp3) is 0.400. The fourth-order valence-corrected chi connectivity index (χ4v) is 6.14. The number of benzene rings is 1. The zero-order chi connectivity index (χ0) is 18.9. The highest BCUT2D eigenvalue weighted by atomic mass is 79.9. The van der Waals surface area contributed by atoms with Crippen LogP contribution in [-0.4, -0.2) is 32.6 Å². The molecule has 0 saturated heterocycles. The molecule has 0 saturated carbocycles. The Morgan fingerprint density at radius 1 is 1.32 bits per heavy atom. The van der Waals surface area contributed by atoms with Crippen LogP contribution in [0.5, 0.6) is 0 Å². The number of aromatic nitrogens is 2. The molecule has 1 unspecified atom stereocenters. The number of rotatable bonds is 6. The summed E-state index contributed by atoms with van der Waals surface area (Å²) in [4.78, 5) is -0.0559. The van der Waals surface area contributed by atoms with Crippen molar-refractivity contribution in [3.63, 3.8) is 0 Å². The summed E-state index contributed by atoms with van der Waals surface area (Å²) in [5, 5.41) is 13.7. The third-order valence-electron chi connectivity index (χ3n) is 3.77. The van der Waals surface area contributed by atoms with E-state index in [0.29, 0.717) is 22.3 Å². The topological polar surface area (TPSA) is 78.6 Å². The quantitative estimate of drug-likeness (QED) is 0.617. The number of hydrogen-bond donors (Lipinski definition) is 2. The molecule has 25 heavy (non-hydrogen) atoms. The maximum atomic E-state index is 13.4. The Kier molecular flexibility index (Phi) is 6.56. The number of aliphatic hydroxyl groups is 1. The lowest BCUT2D eigenvalue weighted by molar-refractivity contribution is 0.291. The van der Waals surface area contributed by atoms with Gasteiger partial charge in [-0.2, -0.15) is 14.0 Å². The minimum absolute atomic E-state index is 0.0559. The number of aliphatic hydroxyl groups excluding tert-OH is 1. The van der Waals surface area contributed by atoms with Crippen LogP contribution in [-0.2, 0) is 21.7 Å². The van der Waals surface area contributed by atoms with E-state index in [1.165, 1.54) is 16.4 Å². The molecule has 1 atom stereocenters. The minimum Gasteiger partial charge on any atom is -0.396 e. The highest BCUT2D eigenvalue weighted by Gasteiger charge is 2.44. The van der Waals surface area contributed by atoms with E-state index in [1.54, 1.807) is 18.7 Å². The van der Waals surface area contributed by atoms with Crippen molar-refractivity contribution in [1.29, 1.82) is 0 Å². The largest absolute Gasteiger partial charge is 0.396 e. The second-order valence-corrected chi connectivity index (χ2v) is 9.09. The summed E-state index contributed by atoms with van der Waals surface area (Å²) in [5.41, 5.74) is 1.85. The van der Waals surface area contributed by atoms with Crippen LogP contribution in [0.3, 0.4) is 0 Å². The van der Waals surface area contributed by atoms with E-state index in [2.05, 4.69) is 21.0 Å². The second kappa shape index (κ2) is 7.94. The van der Waals surface area contributed by atoms with Crippen molar-refractivity contribution in [3.8, 4) is 0 Å².